The fourth-order valence-electron chi connectivity index (χ4n) is 0.657. The molecule has 0 radical (unpaired) electrons. The first-order valence-electron chi connectivity index (χ1n) is 2.83. The van der Waals surface area contributed by atoms with Gasteiger partial charge in [-0.2, -0.15) is 0 Å². The molecule has 1 rings (SSSR count). The molecule has 12 heavy (non-hydrogen) atoms. The van der Waals surface area contributed by atoms with Crippen molar-refractivity contribution in [1.29, 1.82) is 0 Å². The van der Waals surface area contributed by atoms with Crippen LogP contribution in [-0.2, 0) is 0 Å². The van der Waals surface area contributed by atoms with E-state index in [9.17, 15) is 13.2 Å². The maximum absolute atomic E-state index is 12.6. The van der Waals surface area contributed by atoms with Crippen molar-refractivity contribution in [1.82, 2.24) is 0 Å². The van der Waals surface area contributed by atoms with Gasteiger partial charge in [0.1, 0.15) is 16.7 Å². The summed E-state index contributed by atoms with van der Waals surface area (Å²) in [6.45, 7) is 1.19. The summed E-state index contributed by atoms with van der Waals surface area (Å²) in [5, 5.41) is -0.663. The number of hydrogen-bond acceptors (Lipinski definition) is 0. The van der Waals surface area contributed by atoms with Crippen LogP contribution in [0.1, 0.15) is 5.56 Å². The third-order valence-electron chi connectivity index (χ3n) is 1.34. The van der Waals surface area contributed by atoms with E-state index in [1.165, 1.54) is 6.92 Å². The maximum Gasteiger partial charge on any atom is 0.316 e. The number of benzene rings is 1. The fourth-order valence-corrected chi connectivity index (χ4v) is 0.853. The van der Waals surface area contributed by atoms with Gasteiger partial charge in [-0.15, -0.1) is 0 Å². The second kappa shape index (κ2) is 4.34. The molecule has 0 unspecified atom stereocenters. The van der Waals surface area contributed by atoms with E-state index in [0.29, 0.717) is 6.07 Å². The van der Waals surface area contributed by atoms with Gasteiger partial charge in [0.2, 0.25) is 0 Å². The zero-order valence-electron chi connectivity index (χ0n) is 5.59. The highest BCUT2D eigenvalue weighted by Gasteiger charge is 2.13. The van der Waals surface area contributed by atoms with E-state index in [2.05, 4.69) is 0 Å². The smallest absolute Gasteiger partial charge is 0.206 e. The van der Waals surface area contributed by atoms with Crippen molar-refractivity contribution in [3.63, 3.8) is 0 Å². The summed E-state index contributed by atoms with van der Waals surface area (Å²) in [6.07, 6.45) is 0. The Labute approximate surface area is 88.9 Å². The lowest BCUT2D eigenvalue weighted by Gasteiger charge is -2.00. The predicted molar refractivity (Wildman–Crippen MR) is 44.6 cm³/mol. The summed E-state index contributed by atoms with van der Waals surface area (Å²) >= 11 is 5.14. The molecule has 0 atom stereocenters. The molecule has 0 aliphatic carbocycles. The van der Waals surface area contributed by atoms with Crippen molar-refractivity contribution >= 4 is 34.7 Å². The lowest BCUT2D eigenvalue weighted by Crippen LogP contribution is -1.92. The van der Waals surface area contributed by atoms with Crippen LogP contribution in [-0.4, -0.2) is 23.1 Å². The van der Waals surface area contributed by atoms with E-state index in [1.807, 2.05) is 0 Å². The Kier molecular flexibility index (Phi) is 4.37. The van der Waals surface area contributed by atoms with E-state index in [1.54, 1.807) is 0 Å². The topological polar surface area (TPSA) is 0 Å². The average Bonchev–Trinajstić information content (AvgIpc) is 1.97. The zero-order valence-corrected chi connectivity index (χ0v) is 6.35. The number of rotatable bonds is 0. The summed E-state index contributed by atoms with van der Waals surface area (Å²) in [5.74, 6) is -3.04. The third kappa shape index (κ3) is 2.05. The molecule has 0 saturated carbocycles. The number of halogens is 4. The second-order valence-electron chi connectivity index (χ2n) is 2.09. The molecule has 1 aromatic rings. The van der Waals surface area contributed by atoms with Crippen molar-refractivity contribution in [2.24, 2.45) is 0 Å². The summed E-state index contributed by atoms with van der Waals surface area (Å²) in [7, 11) is 0. The molecule has 0 nitrogen and oxygen atoms in total. The van der Waals surface area contributed by atoms with Crippen LogP contribution in [0.5, 0.6) is 0 Å². The highest BCUT2D eigenvalue weighted by atomic mass is 35.5. The molecule has 0 aliphatic rings. The van der Waals surface area contributed by atoms with Gasteiger partial charge in [0.25, 0.3) is 0 Å². The highest BCUT2D eigenvalue weighted by Crippen LogP contribution is 2.23. The molecular weight excluding hydrogens is 201 g/mol. The van der Waals surface area contributed by atoms with Crippen molar-refractivity contribution in [2.75, 3.05) is 0 Å². The quantitative estimate of drug-likeness (QED) is 0.347. The van der Waals surface area contributed by atoms with Crippen LogP contribution >= 0.6 is 11.6 Å². The van der Waals surface area contributed by atoms with Crippen molar-refractivity contribution in [3.05, 3.63) is 34.1 Å². The van der Waals surface area contributed by atoms with Gasteiger partial charge >= 0.3 is 23.1 Å². The lowest BCUT2D eigenvalue weighted by atomic mass is 10.2. The van der Waals surface area contributed by atoms with Crippen LogP contribution in [0.15, 0.2) is 6.07 Å². The van der Waals surface area contributed by atoms with E-state index in [0.717, 1.165) is 0 Å². The van der Waals surface area contributed by atoms with Gasteiger partial charge in [-0.1, -0.05) is 11.6 Å². The molecule has 5 heteroatoms. The standard InChI is InChI=1S/C7H4ClF3.Mg.2H/c1-3-4(9)2-5(10)6(8)7(3)11;;;/h2H,1H3;;;. The summed E-state index contributed by atoms with van der Waals surface area (Å²) < 4.78 is 37.5. The van der Waals surface area contributed by atoms with Gasteiger partial charge in [0.15, 0.2) is 5.82 Å². The Morgan fingerprint density at radius 3 is 2.17 bits per heavy atom. The monoisotopic (exact) mass is 206 g/mol. The molecule has 0 fully saturated rings. The van der Waals surface area contributed by atoms with Crippen LogP contribution in [0.2, 0.25) is 5.02 Å². The lowest BCUT2D eigenvalue weighted by molar-refractivity contribution is 0.533. The van der Waals surface area contributed by atoms with Crippen LogP contribution < -0.4 is 0 Å². The van der Waals surface area contributed by atoms with Crippen molar-refractivity contribution < 1.29 is 13.2 Å². The minimum Gasteiger partial charge on any atom is -0.206 e. The summed E-state index contributed by atoms with van der Waals surface area (Å²) in [5.41, 5.74) is -0.267. The Hall–Kier alpha value is 0.0662. The normalized spacial score (nSPS) is 9.42. The first kappa shape index (κ1) is 12.1. The molecule has 0 amide bonds. The van der Waals surface area contributed by atoms with Gasteiger partial charge in [-0.05, 0) is 6.92 Å². The van der Waals surface area contributed by atoms with E-state index >= 15 is 0 Å². The van der Waals surface area contributed by atoms with Crippen molar-refractivity contribution in [3.8, 4) is 0 Å². The first-order chi connectivity index (χ1) is 5.04. The maximum atomic E-state index is 12.6. The van der Waals surface area contributed by atoms with Crippen LogP contribution in [0.25, 0.3) is 0 Å². The first-order valence-corrected chi connectivity index (χ1v) is 3.21. The van der Waals surface area contributed by atoms with E-state index < -0.39 is 22.5 Å². The van der Waals surface area contributed by atoms with Gasteiger partial charge in [0, 0.05) is 11.6 Å². The van der Waals surface area contributed by atoms with Gasteiger partial charge in [-0.25, -0.2) is 13.2 Å². The Morgan fingerprint density at radius 2 is 1.67 bits per heavy atom. The molecule has 0 spiro atoms. The third-order valence-corrected chi connectivity index (χ3v) is 1.69. The molecule has 0 aromatic heterocycles. The molecule has 0 aliphatic heterocycles. The van der Waals surface area contributed by atoms with Crippen LogP contribution in [0.3, 0.4) is 0 Å². The molecule has 0 bridgehead atoms. The Morgan fingerprint density at radius 1 is 1.17 bits per heavy atom. The molecule has 0 N–H and O–H groups in total. The summed E-state index contributed by atoms with van der Waals surface area (Å²) in [6, 6.07) is 0.556. The minimum atomic E-state index is -1.08. The van der Waals surface area contributed by atoms with E-state index in [-0.39, 0.29) is 28.6 Å². The number of hydrogen-bond donors (Lipinski definition) is 0. The zero-order chi connectivity index (χ0) is 8.59. The highest BCUT2D eigenvalue weighted by molar-refractivity contribution is 6.30. The molecule has 1 aromatic carbocycles. The van der Waals surface area contributed by atoms with Crippen LogP contribution in [0, 0.1) is 24.4 Å². The van der Waals surface area contributed by atoms with E-state index in [4.69, 9.17) is 11.6 Å². The molecular formula is C7H6ClF3Mg. The van der Waals surface area contributed by atoms with Gasteiger partial charge in [-0.3, -0.25) is 0 Å². The fraction of sp³-hybridized carbons (Fsp3) is 0.143. The Balaban J connectivity index is 0.00000121. The van der Waals surface area contributed by atoms with Gasteiger partial charge in [0.05, 0.1) is 0 Å². The molecule has 64 valence electrons. The van der Waals surface area contributed by atoms with Crippen LogP contribution in [0.4, 0.5) is 13.2 Å². The largest absolute Gasteiger partial charge is 0.316 e. The molecule has 0 heterocycles. The second-order valence-corrected chi connectivity index (χ2v) is 2.47. The summed E-state index contributed by atoms with van der Waals surface area (Å²) in [4.78, 5) is 0. The predicted octanol–water partition coefficient (Wildman–Crippen LogP) is 2.15. The minimum absolute atomic E-state index is 0. The average molecular weight is 207 g/mol. The Bertz CT molecular complexity index is 275. The SMILES string of the molecule is Cc1c(F)cc(F)c(Cl)c1F.[MgH2]. The molecule has 0 saturated heterocycles. The van der Waals surface area contributed by atoms with Crippen molar-refractivity contribution in [2.45, 2.75) is 6.92 Å². The van der Waals surface area contributed by atoms with Gasteiger partial charge < -0.3 is 0 Å².